The zero-order chi connectivity index (χ0) is 32.7. The van der Waals surface area contributed by atoms with Gasteiger partial charge < -0.3 is 48.8 Å². The van der Waals surface area contributed by atoms with Gasteiger partial charge in [0.25, 0.3) is 26.8 Å². The first-order valence-corrected chi connectivity index (χ1v) is 16.7. The molecule has 4 unspecified atom stereocenters. The summed E-state index contributed by atoms with van der Waals surface area (Å²) in [5.41, 5.74) is 10.1. The zero-order valence-electron chi connectivity index (χ0n) is 23.8. The van der Waals surface area contributed by atoms with Crippen LogP contribution in [0.2, 0.25) is 0 Å². The number of phosphoric ester groups is 2. The van der Waals surface area contributed by atoms with Crippen LogP contribution >= 0.6 is 15.6 Å². The van der Waals surface area contributed by atoms with Crippen LogP contribution in [0.25, 0.3) is 22.3 Å². The molecule has 22 nitrogen and oxygen atoms in total. The first-order valence-electron chi connectivity index (χ1n) is 13.7. The van der Waals surface area contributed by atoms with Crippen molar-refractivity contribution in [2.45, 2.75) is 50.7 Å². The largest absolute Gasteiger partial charge is 0.756 e. The summed E-state index contributed by atoms with van der Waals surface area (Å²) in [7, 11) is -10.2. The Morgan fingerprint density at radius 3 is 1.57 bits per heavy atom. The van der Waals surface area contributed by atoms with Gasteiger partial charge in [-0.2, -0.15) is 9.97 Å². The first-order chi connectivity index (χ1) is 21.7. The van der Waals surface area contributed by atoms with Crippen LogP contribution in [0.15, 0.2) is 22.2 Å². The monoisotopic (exact) mass is 684 g/mol. The number of rotatable bonds is 2. The number of hydrogen-bond acceptors (Lipinski definition) is 18. The number of fused-ring (bicyclic) bond motifs is 4. The predicted octanol–water partition coefficient (Wildman–Crippen LogP) is -1.76. The summed E-state index contributed by atoms with van der Waals surface area (Å²) in [5, 5.41) is 0. The Kier molecular flexibility index (Phi) is 7.44. The number of nitrogens with zero attached hydrogens (tertiary/aromatic N) is 6. The van der Waals surface area contributed by atoms with E-state index in [-0.39, 0.29) is 34.2 Å². The Labute approximate surface area is 256 Å². The van der Waals surface area contributed by atoms with Crippen molar-refractivity contribution in [1.29, 1.82) is 0 Å². The van der Waals surface area contributed by atoms with Gasteiger partial charge in [-0.1, -0.05) is 13.8 Å². The second-order valence-electron chi connectivity index (χ2n) is 11.0. The van der Waals surface area contributed by atoms with Crippen molar-refractivity contribution < 1.29 is 46.5 Å². The molecule has 4 aromatic rings. The van der Waals surface area contributed by atoms with Gasteiger partial charge in [0.1, 0.15) is 36.9 Å². The van der Waals surface area contributed by atoms with E-state index in [0.29, 0.717) is 0 Å². The van der Waals surface area contributed by atoms with E-state index >= 15 is 0 Å². The SMILES string of the molecule is CC1[C@H]2OP(=O)([O-])OC[C@H]3O[C@@H](n4cnc5c(=O)[nH]c(N)nc54)C(C)[C@H]3OP(=O)([O-])OC[C@H]2O[C@H]1n1cnc2c(=O)[nH]c(N)nc21. The molecular weight excluding hydrogens is 658 g/mol. The highest BCUT2D eigenvalue weighted by Gasteiger charge is 2.50. The number of imidazole rings is 2. The van der Waals surface area contributed by atoms with Crippen LogP contribution in [0.4, 0.5) is 11.9 Å². The molecule has 0 aliphatic carbocycles. The van der Waals surface area contributed by atoms with Crippen LogP contribution in [-0.2, 0) is 36.7 Å². The first kappa shape index (κ1) is 31.1. The maximum absolute atomic E-state index is 13.1. The molecule has 0 radical (unpaired) electrons. The lowest BCUT2D eigenvalue weighted by atomic mass is 10.0. The lowest BCUT2D eigenvalue weighted by Gasteiger charge is -2.35. The second kappa shape index (κ2) is 11.0. The predicted molar refractivity (Wildman–Crippen MR) is 148 cm³/mol. The van der Waals surface area contributed by atoms with E-state index in [4.69, 9.17) is 39.0 Å². The molecule has 0 bridgehead atoms. The van der Waals surface area contributed by atoms with E-state index in [1.807, 2.05) is 0 Å². The van der Waals surface area contributed by atoms with E-state index in [9.17, 15) is 28.5 Å². The van der Waals surface area contributed by atoms with Gasteiger partial charge in [-0.15, -0.1) is 0 Å². The topological polar surface area (TPSA) is 315 Å². The number of aromatic amines is 2. The fraction of sp³-hybridized carbons (Fsp3) is 0.545. The highest BCUT2D eigenvalue weighted by molar-refractivity contribution is 7.46. The van der Waals surface area contributed by atoms with Gasteiger partial charge in [0.05, 0.1) is 25.9 Å². The minimum atomic E-state index is -5.12. The number of hydrogen-bond donors (Lipinski definition) is 4. The molecule has 3 aliphatic heterocycles. The highest BCUT2D eigenvalue weighted by atomic mass is 31.2. The lowest BCUT2D eigenvalue weighted by Crippen LogP contribution is -2.38. The van der Waals surface area contributed by atoms with E-state index in [0.717, 1.165) is 0 Å². The number of nitrogens with two attached hydrogens (primary N) is 2. The third-order valence-electron chi connectivity index (χ3n) is 8.04. The number of anilines is 2. The van der Waals surface area contributed by atoms with Crippen molar-refractivity contribution in [3.05, 3.63) is 33.4 Å². The van der Waals surface area contributed by atoms with Gasteiger partial charge in [-0.25, -0.2) is 9.97 Å². The summed E-state index contributed by atoms with van der Waals surface area (Å²) in [6.45, 7) is 1.70. The third-order valence-corrected chi connectivity index (χ3v) is 9.98. The number of H-pyrrole nitrogens is 2. The van der Waals surface area contributed by atoms with Crippen molar-refractivity contribution in [1.82, 2.24) is 39.0 Å². The Hall–Kier alpha value is -3.56. The van der Waals surface area contributed by atoms with Gasteiger partial charge in [0.15, 0.2) is 22.3 Å². The van der Waals surface area contributed by atoms with Crippen molar-refractivity contribution in [2.24, 2.45) is 11.8 Å². The van der Waals surface area contributed by atoms with Crippen LogP contribution in [0.1, 0.15) is 26.3 Å². The van der Waals surface area contributed by atoms with Crippen molar-refractivity contribution in [3.63, 3.8) is 0 Å². The summed E-state index contributed by atoms with van der Waals surface area (Å²) in [6.07, 6.45) is -4.84. The standard InChI is InChI=1S/C22H28N10O12P2/c1-7-13-9(41-19(7)31-5-25-11-15(31)27-21(23)29-17(11)33)3-39-46(37,38)44-14-8(2)20(42-10(14)4-40-45(35,36)43-13)32-6-26-12-16(32)28-22(24)30-18(12)34/h5-10,13-14,19-20H,3-4H2,1-2H3,(H,35,36)(H,37,38)(H3,23,27,29,33)(H3,24,28,30,34)/p-2/t7?,8?,9-,10-,13-,14-,19-,20-/m1/s1. The second-order valence-corrected chi connectivity index (χ2v) is 13.8. The maximum Gasteiger partial charge on any atom is 0.280 e. The lowest BCUT2D eigenvalue weighted by molar-refractivity contribution is -0.243. The molecule has 0 spiro atoms. The summed E-state index contributed by atoms with van der Waals surface area (Å²) < 4.78 is 62.2. The summed E-state index contributed by atoms with van der Waals surface area (Å²) in [6, 6.07) is 0. The molecule has 3 fully saturated rings. The molecule has 10 atom stereocenters. The number of aromatic nitrogens is 8. The van der Waals surface area contributed by atoms with Crippen molar-refractivity contribution in [3.8, 4) is 0 Å². The van der Waals surface area contributed by atoms with Crippen LogP contribution in [0, 0.1) is 11.8 Å². The number of ether oxygens (including phenoxy) is 2. The fourth-order valence-corrected chi connectivity index (χ4v) is 7.98. The van der Waals surface area contributed by atoms with Gasteiger partial charge in [-0.05, 0) is 0 Å². The van der Waals surface area contributed by atoms with Gasteiger partial charge in [0.2, 0.25) is 11.9 Å². The molecule has 6 N–H and O–H groups in total. The van der Waals surface area contributed by atoms with Crippen LogP contribution in [-0.4, -0.2) is 76.7 Å². The fourth-order valence-electron chi connectivity index (χ4n) is 5.94. The molecule has 4 aromatic heterocycles. The van der Waals surface area contributed by atoms with Gasteiger partial charge >= 0.3 is 0 Å². The number of phosphoric acid groups is 2. The molecule has 3 aliphatic rings. The van der Waals surface area contributed by atoms with Crippen LogP contribution in [0.5, 0.6) is 0 Å². The Balaban J connectivity index is 1.18. The molecule has 0 aromatic carbocycles. The number of nitrogen functional groups attached to an aromatic ring is 2. The van der Waals surface area contributed by atoms with E-state index in [1.54, 1.807) is 13.8 Å². The smallest absolute Gasteiger partial charge is 0.280 e. The van der Waals surface area contributed by atoms with E-state index < -0.39 is 88.7 Å². The molecule has 7 rings (SSSR count). The summed E-state index contributed by atoms with van der Waals surface area (Å²) in [5.74, 6) is -2.02. The van der Waals surface area contributed by atoms with Gasteiger partial charge in [0, 0.05) is 11.8 Å². The van der Waals surface area contributed by atoms with E-state index in [1.165, 1.54) is 21.8 Å². The van der Waals surface area contributed by atoms with E-state index in [2.05, 4.69) is 29.9 Å². The quantitative estimate of drug-likeness (QED) is 0.170. The third kappa shape index (κ3) is 5.35. The minimum Gasteiger partial charge on any atom is -0.756 e. The average molecular weight is 684 g/mol. The molecule has 3 saturated heterocycles. The van der Waals surface area contributed by atoms with Crippen LogP contribution < -0.4 is 32.4 Å². The Morgan fingerprint density at radius 2 is 1.17 bits per heavy atom. The van der Waals surface area contributed by atoms with Gasteiger partial charge in [-0.3, -0.25) is 37.8 Å². The highest BCUT2D eigenvalue weighted by Crippen LogP contribution is 2.52. The number of nitrogens with one attached hydrogen (secondary N) is 2. The average Bonchev–Trinajstić information content (AvgIpc) is 3.72. The molecular formula is C22H26N10O12P2-2. The Bertz CT molecular complexity index is 1900. The normalized spacial score (nSPS) is 37.1. The molecule has 46 heavy (non-hydrogen) atoms. The zero-order valence-corrected chi connectivity index (χ0v) is 25.6. The van der Waals surface area contributed by atoms with Crippen LogP contribution in [0.3, 0.4) is 0 Å². The molecule has 0 saturated carbocycles. The summed E-state index contributed by atoms with van der Waals surface area (Å²) >= 11 is 0. The summed E-state index contributed by atoms with van der Waals surface area (Å²) in [4.78, 5) is 71.7. The molecule has 0 amide bonds. The van der Waals surface area contributed by atoms with Crippen molar-refractivity contribution >= 4 is 49.9 Å². The Morgan fingerprint density at radius 1 is 0.783 bits per heavy atom. The molecule has 24 heteroatoms. The maximum atomic E-state index is 13.1. The molecule has 7 heterocycles. The minimum absolute atomic E-state index is 0.0393. The van der Waals surface area contributed by atoms with Crippen molar-refractivity contribution in [2.75, 3.05) is 24.7 Å². The molecule has 248 valence electrons.